The molecule has 0 bridgehead atoms. The first-order valence-corrected chi connectivity index (χ1v) is 14.5. The van der Waals surface area contributed by atoms with Crippen LogP contribution in [0, 0.1) is 6.92 Å². The third kappa shape index (κ3) is 4.75. The van der Waals surface area contributed by atoms with Crippen molar-refractivity contribution in [3.8, 4) is 11.1 Å². The number of anilines is 1. The van der Waals surface area contributed by atoms with Crippen LogP contribution in [0.4, 0.5) is 11.4 Å². The first-order valence-electron chi connectivity index (χ1n) is 14.5. The standard InChI is InChI=1S/C38H37N2/c1-4-29-22-15-23-30(5-2)36(29)40-27-39(35-26-28(3)24-25-34(35)31-16-9-6-10-17-31)37(32-18-11-7-12-19-32)38(40)33-20-13-8-14-21-33/h6-27,37-38H,4-5H2,1-3H3/q+1/t37-,38-/m0/s1. The number of para-hydroxylation sites is 1. The van der Waals surface area contributed by atoms with Gasteiger partial charge < -0.3 is 0 Å². The van der Waals surface area contributed by atoms with Gasteiger partial charge in [0.2, 0.25) is 6.34 Å². The summed E-state index contributed by atoms with van der Waals surface area (Å²) in [5, 5.41) is 0. The molecule has 0 amide bonds. The van der Waals surface area contributed by atoms with Crippen molar-refractivity contribution in [2.45, 2.75) is 45.7 Å². The molecule has 0 saturated heterocycles. The molecule has 0 saturated carbocycles. The molecule has 40 heavy (non-hydrogen) atoms. The highest BCUT2D eigenvalue weighted by molar-refractivity contribution is 5.90. The van der Waals surface area contributed by atoms with Gasteiger partial charge in [-0.25, -0.2) is 9.48 Å². The lowest BCUT2D eigenvalue weighted by atomic mass is 9.90. The molecule has 2 nitrogen and oxygen atoms in total. The Hall–Kier alpha value is -4.43. The molecule has 0 radical (unpaired) electrons. The minimum Gasteiger partial charge on any atom is -0.221 e. The summed E-state index contributed by atoms with van der Waals surface area (Å²) < 4.78 is 2.57. The fraction of sp³-hybridized carbons (Fsp3) is 0.184. The van der Waals surface area contributed by atoms with Crippen LogP contribution in [0.1, 0.15) is 53.7 Å². The molecular formula is C38H37N2+. The van der Waals surface area contributed by atoms with E-state index in [1.54, 1.807) is 0 Å². The Bertz CT molecular complexity index is 1600. The summed E-state index contributed by atoms with van der Waals surface area (Å²) in [6.07, 6.45) is 4.37. The quantitative estimate of drug-likeness (QED) is 0.193. The third-order valence-corrected chi connectivity index (χ3v) is 8.17. The van der Waals surface area contributed by atoms with E-state index in [0.717, 1.165) is 12.8 Å². The van der Waals surface area contributed by atoms with E-state index in [9.17, 15) is 0 Å². The largest absolute Gasteiger partial charge is 0.245 e. The van der Waals surface area contributed by atoms with Crippen molar-refractivity contribution in [3.05, 3.63) is 155 Å². The van der Waals surface area contributed by atoms with E-state index < -0.39 is 0 Å². The number of aryl methyl sites for hydroxylation is 3. The van der Waals surface area contributed by atoms with Gasteiger partial charge in [0.25, 0.3) is 0 Å². The highest BCUT2D eigenvalue weighted by Crippen LogP contribution is 2.48. The third-order valence-electron chi connectivity index (χ3n) is 8.17. The molecule has 0 aliphatic carbocycles. The van der Waals surface area contributed by atoms with Crippen LogP contribution >= 0.6 is 0 Å². The van der Waals surface area contributed by atoms with Crippen LogP contribution in [-0.2, 0) is 12.8 Å². The van der Waals surface area contributed by atoms with Crippen molar-refractivity contribution < 1.29 is 4.58 Å². The maximum atomic E-state index is 2.57. The molecule has 0 N–H and O–H groups in total. The number of rotatable bonds is 7. The van der Waals surface area contributed by atoms with Gasteiger partial charge in [-0.2, -0.15) is 0 Å². The Morgan fingerprint density at radius 2 is 1.20 bits per heavy atom. The van der Waals surface area contributed by atoms with Gasteiger partial charge >= 0.3 is 0 Å². The van der Waals surface area contributed by atoms with Crippen LogP contribution in [0.15, 0.2) is 127 Å². The van der Waals surface area contributed by atoms with Crippen LogP contribution in [0.5, 0.6) is 0 Å². The van der Waals surface area contributed by atoms with E-state index >= 15 is 0 Å². The zero-order valence-electron chi connectivity index (χ0n) is 23.7. The molecule has 198 valence electrons. The topological polar surface area (TPSA) is 6.25 Å². The summed E-state index contributed by atoms with van der Waals surface area (Å²) in [5.74, 6) is 0. The van der Waals surface area contributed by atoms with Crippen LogP contribution in [0.25, 0.3) is 11.1 Å². The van der Waals surface area contributed by atoms with Crippen molar-refractivity contribution in [2.24, 2.45) is 0 Å². The minimum absolute atomic E-state index is 0.0856. The smallest absolute Gasteiger partial charge is 0.221 e. The van der Waals surface area contributed by atoms with Crippen molar-refractivity contribution >= 4 is 17.7 Å². The van der Waals surface area contributed by atoms with Gasteiger partial charge in [0.15, 0.2) is 12.1 Å². The van der Waals surface area contributed by atoms with E-state index in [4.69, 9.17) is 0 Å². The lowest BCUT2D eigenvalue weighted by molar-refractivity contribution is -0.482. The van der Waals surface area contributed by atoms with E-state index in [0.29, 0.717) is 0 Å². The van der Waals surface area contributed by atoms with Crippen LogP contribution in [0.3, 0.4) is 0 Å². The van der Waals surface area contributed by atoms with Crippen LogP contribution in [0.2, 0.25) is 0 Å². The highest BCUT2D eigenvalue weighted by Gasteiger charge is 2.47. The molecule has 1 heterocycles. The molecule has 6 rings (SSSR count). The van der Waals surface area contributed by atoms with Gasteiger partial charge in [-0.05, 0) is 54.2 Å². The van der Waals surface area contributed by atoms with E-state index in [2.05, 4.69) is 164 Å². The maximum Gasteiger partial charge on any atom is 0.245 e. The van der Waals surface area contributed by atoms with Gasteiger partial charge in [-0.15, -0.1) is 0 Å². The molecule has 0 spiro atoms. The zero-order valence-corrected chi connectivity index (χ0v) is 23.7. The number of hydrogen-bond acceptors (Lipinski definition) is 1. The Morgan fingerprint density at radius 3 is 1.80 bits per heavy atom. The predicted octanol–water partition coefficient (Wildman–Crippen LogP) is 9.46. The Labute approximate surface area is 238 Å². The predicted molar refractivity (Wildman–Crippen MR) is 169 cm³/mol. The second-order valence-electron chi connectivity index (χ2n) is 10.7. The first kappa shape index (κ1) is 25.8. The molecule has 0 aromatic heterocycles. The van der Waals surface area contributed by atoms with E-state index in [1.165, 1.54) is 50.3 Å². The molecular weight excluding hydrogens is 484 g/mol. The molecule has 5 aromatic carbocycles. The molecule has 0 unspecified atom stereocenters. The van der Waals surface area contributed by atoms with Crippen molar-refractivity contribution in [2.75, 3.05) is 4.90 Å². The Morgan fingerprint density at radius 1 is 0.625 bits per heavy atom. The monoisotopic (exact) mass is 521 g/mol. The van der Waals surface area contributed by atoms with E-state index in [1.807, 2.05) is 0 Å². The molecule has 5 aromatic rings. The average Bonchev–Trinajstić information content (AvgIpc) is 3.42. The molecule has 1 aliphatic heterocycles. The summed E-state index contributed by atoms with van der Waals surface area (Å²) in [5.41, 5.74) is 11.7. The van der Waals surface area contributed by atoms with Crippen molar-refractivity contribution in [3.63, 3.8) is 0 Å². The van der Waals surface area contributed by atoms with Gasteiger partial charge in [-0.3, -0.25) is 0 Å². The Kier molecular flexibility index (Phi) is 7.33. The molecule has 2 heteroatoms. The lowest BCUT2D eigenvalue weighted by Crippen LogP contribution is -2.26. The maximum absolute atomic E-state index is 2.57. The number of benzene rings is 5. The van der Waals surface area contributed by atoms with E-state index in [-0.39, 0.29) is 12.1 Å². The average molecular weight is 522 g/mol. The van der Waals surface area contributed by atoms with Crippen molar-refractivity contribution in [1.29, 1.82) is 0 Å². The minimum atomic E-state index is 0.0856. The number of hydrogen-bond donors (Lipinski definition) is 0. The first-order chi connectivity index (χ1) is 19.7. The van der Waals surface area contributed by atoms with Crippen LogP contribution in [-0.4, -0.2) is 10.9 Å². The van der Waals surface area contributed by atoms with Gasteiger partial charge in [0.05, 0.1) is 0 Å². The normalized spacial score (nSPS) is 16.7. The number of nitrogens with zero attached hydrogens (tertiary/aromatic N) is 2. The lowest BCUT2D eigenvalue weighted by Gasteiger charge is -2.26. The van der Waals surface area contributed by atoms with Crippen LogP contribution < -0.4 is 4.90 Å². The molecule has 1 aliphatic rings. The second kappa shape index (κ2) is 11.4. The van der Waals surface area contributed by atoms with Gasteiger partial charge in [0, 0.05) is 16.7 Å². The fourth-order valence-corrected chi connectivity index (χ4v) is 6.24. The van der Waals surface area contributed by atoms with Gasteiger partial charge in [-0.1, -0.05) is 129 Å². The molecule has 2 atom stereocenters. The summed E-state index contributed by atoms with van der Waals surface area (Å²) in [4.78, 5) is 2.54. The van der Waals surface area contributed by atoms with Crippen molar-refractivity contribution in [1.82, 2.24) is 0 Å². The zero-order chi connectivity index (χ0) is 27.5. The summed E-state index contributed by atoms with van der Waals surface area (Å²) in [7, 11) is 0. The highest BCUT2D eigenvalue weighted by atomic mass is 15.3. The summed E-state index contributed by atoms with van der Waals surface area (Å²) in [6, 6.07) is 46.7. The summed E-state index contributed by atoms with van der Waals surface area (Å²) >= 11 is 0. The Balaban J connectivity index is 1.66. The fourth-order valence-electron chi connectivity index (χ4n) is 6.24. The molecule has 0 fully saturated rings. The second-order valence-corrected chi connectivity index (χ2v) is 10.7. The van der Waals surface area contributed by atoms with Gasteiger partial charge in [0.1, 0.15) is 11.4 Å². The summed E-state index contributed by atoms with van der Waals surface area (Å²) in [6.45, 7) is 6.73. The SMILES string of the molecule is CCc1cccc(CC)c1[N+]1=CN(c2cc(C)ccc2-c2ccccc2)[C@@H](c2ccccc2)[C@@H]1c1ccccc1.